The molecule has 0 bridgehead atoms. The van der Waals surface area contributed by atoms with Gasteiger partial charge in [-0.3, -0.25) is 0 Å². The fraction of sp³-hybridized carbons (Fsp3) is 0.286. The Bertz CT molecular complexity index is 157. The summed E-state index contributed by atoms with van der Waals surface area (Å²) >= 11 is 0. The van der Waals surface area contributed by atoms with E-state index in [1.54, 1.807) is 19.9 Å². The molecule has 0 unspecified atom stereocenters. The zero-order valence-electron chi connectivity index (χ0n) is 8.39. The van der Waals surface area contributed by atoms with E-state index in [4.69, 9.17) is 0 Å². The minimum Gasteiger partial charge on any atom is -1.00 e. The second-order valence-corrected chi connectivity index (χ2v) is 1.66. The van der Waals surface area contributed by atoms with Gasteiger partial charge in [-0.15, -0.1) is 0 Å². The van der Waals surface area contributed by atoms with Gasteiger partial charge in [0.05, 0.1) is 6.26 Å². The van der Waals surface area contributed by atoms with Crippen molar-refractivity contribution in [3.63, 3.8) is 0 Å². The van der Waals surface area contributed by atoms with Crippen molar-refractivity contribution in [2.24, 2.45) is 0 Å². The first kappa shape index (κ1) is 12.8. The van der Waals surface area contributed by atoms with Crippen molar-refractivity contribution in [2.45, 2.75) is 13.8 Å². The molecule has 3 heteroatoms. The van der Waals surface area contributed by atoms with E-state index in [0.29, 0.717) is 5.57 Å². The third-order valence-electron chi connectivity index (χ3n) is 0.660. The summed E-state index contributed by atoms with van der Waals surface area (Å²) in [6, 6.07) is 0. The second-order valence-electron chi connectivity index (χ2n) is 1.66. The van der Waals surface area contributed by atoms with E-state index >= 15 is 0 Å². The van der Waals surface area contributed by atoms with Crippen LogP contribution in [-0.4, -0.2) is 43.7 Å². The summed E-state index contributed by atoms with van der Waals surface area (Å²) in [5.41, 5.74) is 0.410. The van der Waals surface area contributed by atoms with Crippen LogP contribution in [0.3, 0.4) is 0 Å². The van der Waals surface area contributed by atoms with E-state index in [1.165, 1.54) is 6.26 Å². The molecule has 54 valence electrons. The minimum atomic E-state index is -0.381. The molecule has 0 aromatic carbocycles. The number of carbonyl (C=O) groups is 1. The summed E-state index contributed by atoms with van der Waals surface area (Å²) in [7, 11) is 0. The van der Waals surface area contributed by atoms with Gasteiger partial charge in [0.1, 0.15) is 0 Å². The van der Waals surface area contributed by atoms with Gasteiger partial charge in [-0.2, -0.15) is 0 Å². The molecular formula is C7H12CaO2. The molecule has 10 heavy (non-hydrogen) atoms. The first-order valence-electron chi connectivity index (χ1n) is 2.66. The average Bonchev–Trinajstić information content (AvgIpc) is 1.82. The number of hydrogen-bond acceptors (Lipinski definition) is 2. The van der Waals surface area contributed by atoms with Gasteiger partial charge in [0.15, 0.2) is 0 Å². The van der Waals surface area contributed by atoms with E-state index in [9.17, 15) is 4.79 Å². The average molecular weight is 168 g/mol. The van der Waals surface area contributed by atoms with Crippen molar-refractivity contribution >= 4 is 43.7 Å². The molecule has 0 aromatic heterocycles. The van der Waals surface area contributed by atoms with Crippen LogP contribution in [0, 0.1) is 0 Å². The molecular weight excluding hydrogens is 156 g/mol. The minimum absolute atomic E-state index is 0. The number of rotatable bonds is 2. The van der Waals surface area contributed by atoms with Gasteiger partial charge >= 0.3 is 43.7 Å². The Hall–Kier alpha value is 0.210. The molecule has 0 saturated heterocycles. The zero-order chi connectivity index (χ0) is 7.28. The Balaban J connectivity index is -0.000000107. The number of esters is 1. The molecule has 0 aliphatic rings. The zero-order valence-corrected chi connectivity index (χ0v) is 8.59. The van der Waals surface area contributed by atoms with E-state index < -0.39 is 0 Å². The monoisotopic (exact) mass is 168 g/mol. The molecule has 0 atom stereocenters. The molecule has 0 spiro atoms. The van der Waals surface area contributed by atoms with Crippen LogP contribution in [0.5, 0.6) is 0 Å². The van der Waals surface area contributed by atoms with Crippen LogP contribution in [0.4, 0.5) is 0 Å². The molecule has 0 N–H and O–H groups in total. The smallest absolute Gasteiger partial charge is 1.00 e. The second kappa shape index (κ2) is 7.32. The van der Waals surface area contributed by atoms with Crippen molar-refractivity contribution < 1.29 is 12.4 Å². The maximum absolute atomic E-state index is 10.5. The van der Waals surface area contributed by atoms with Crippen LogP contribution in [0.15, 0.2) is 24.5 Å². The van der Waals surface area contributed by atoms with Gasteiger partial charge in [-0.1, -0.05) is 12.7 Å². The summed E-state index contributed by atoms with van der Waals surface area (Å²) < 4.78 is 4.53. The quantitative estimate of drug-likeness (QED) is 0.270. The first-order chi connectivity index (χ1) is 4.18. The van der Waals surface area contributed by atoms with E-state index in [0.717, 1.165) is 0 Å². The molecule has 0 heterocycles. The molecule has 0 aliphatic carbocycles. The number of allylic oxidation sites excluding steroid dienone is 1. The SMILES string of the molecule is C=C(C)C(=O)OC=CC.[Ca+2].[H-].[H-]. The van der Waals surface area contributed by atoms with Crippen LogP contribution in [0.2, 0.25) is 0 Å². The van der Waals surface area contributed by atoms with Crippen LogP contribution in [0.1, 0.15) is 16.7 Å². The standard InChI is InChI=1S/C7H10O2.Ca.2H/c1-4-5-9-7(8)6(2)3;;;/h4-5H,2H2,1,3H3;;;/q;+2;2*-1. The van der Waals surface area contributed by atoms with Gasteiger partial charge in [-0.25, -0.2) is 4.79 Å². The van der Waals surface area contributed by atoms with Crippen molar-refractivity contribution in [1.82, 2.24) is 0 Å². The largest absolute Gasteiger partial charge is 2.00 e. The normalized spacial score (nSPS) is 8.60. The van der Waals surface area contributed by atoms with Crippen LogP contribution in [0.25, 0.3) is 0 Å². The summed E-state index contributed by atoms with van der Waals surface area (Å²) in [6.07, 6.45) is 2.97. The molecule has 0 fully saturated rings. The van der Waals surface area contributed by atoms with Gasteiger partial charge in [0.25, 0.3) is 0 Å². The van der Waals surface area contributed by atoms with Gasteiger partial charge in [-0.05, 0) is 13.8 Å². The molecule has 2 nitrogen and oxygen atoms in total. The third-order valence-corrected chi connectivity index (χ3v) is 0.660. The summed E-state index contributed by atoms with van der Waals surface area (Å²) in [4.78, 5) is 10.5. The Labute approximate surface area is 93.9 Å². The Morgan fingerprint density at radius 1 is 1.70 bits per heavy atom. The fourth-order valence-corrected chi connectivity index (χ4v) is 0.230. The van der Waals surface area contributed by atoms with E-state index in [-0.39, 0.29) is 46.6 Å². The molecule has 0 rings (SSSR count). The Kier molecular flexibility index (Phi) is 9.40. The van der Waals surface area contributed by atoms with Gasteiger partial charge in [0, 0.05) is 5.57 Å². The van der Waals surface area contributed by atoms with Crippen LogP contribution < -0.4 is 0 Å². The van der Waals surface area contributed by atoms with Crippen molar-refractivity contribution in [3.05, 3.63) is 24.5 Å². The molecule has 0 aliphatic heterocycles. The molecule has 0 amide bonds. The first-order valence-corrected chi connectivity index (χ1v) is 2.66. The topological polar surface area (TPSA) is 26.3 Å². The maximum atomic E-state index is 10.5. The Morgan fingerprint density at radius 2 is 2.20 bits per heavy atom. The Morgan fingerprint density at radius 3 is 2.50 bits per heavy atom. The van der Waals surface area contributed by atoms with E-state index in [2.05, 4.69) is 11.3 Å². The van der Waals surface area contributed by atoms with Crippen molar-refractivity contribution in [3.8, 4) is 0 Å². The van der Waals surface area contributed by atoms with Crippen LogP contribution in [-0.2, 0) is 9.53 Å². The molecule has 0 radical (unpaired) electrons. The number of hydrogen-bond donors (Lipinski definition) is 0. The summed E-state index contributed by atoms with van der Waals surface area (Å²) in [6.45, 7) is 6.77. The summed E-state index contributed by atoms with van der Waals surface area (Å²) in [5.74, 6) is -0.381. The molecule has 0 saturated carbocycles. The number of ether oxygens (including phenoxy) is 1. The van der Waals surface area contributed by atoms with Crippen molar-refractivity contribution in [1.29, 1.82) is 0 Å². The third kappa shape index (κ3) is 6.33. The predicted octanol–water partition coefficient (Wildman–Crippen LogP) is 1.48. The van der Waals surface area contributed by atoms with E-state index in [1.807, 2.05) is 0 Å². The van der Waals surface area contributed by atoms with Gasteiger partial charge < -0.3 is 7.59 Å². The number of carbonyl (C=O) groups excluding carboxylic acids is 1. The molecule has 0 aromatic rings. The maximum Gasteiger partial charge on any atom is 2.00 e. The summed E-state index contributed by atoms with van der Waals surface area (Å²) in [5, 5.41) is 0. The fourth-order valence-electron chi connectivity index (χ4n) is 0.230. The predicted molar refractivity (Wildman–Crippen MR) is 43.7 cm³/mol. The van der Waals surface area contributed by atoms with Crippen molar-refractivity contribution in [2.75, 3.05) is 0 Å². The van der Waals surface area contributed by atoms with Crippen LogP contribution >= 0.6 is 0 Å². The van der Waals surface area contributed by atoms with Gasteiger partial charge in [0.2, 0.25) is 0 Å².